The van der Waals surface area contributed by atoms with Crippen LogP contribution in [0.1, 0.15) is 47.0 Å². The summed E-state index contributed by atoms with van der Waals surface area (Å²) in [7, 11) is -2.20. The van der Waals surface area contributed by atoms with Crippen molar-refractivity contribution in [2.75, 3.05) is 46.3 Å². The van der Waals surface area contributed by atoms with Crippen LogP contribution in [0.25, 0.3) is 0 Å². The van der Waals surface area contributed by atoms with E-state index in [9.17, 15) is 18.0 Å². The molecular formula is C18H34N4O5S. The summed E-state index contributed by atoms with van der Waals surface area (Å²) in [6.45, 7) is 9.12. The van der Waals surface area contributed by atoms with Gasteiger partial charge in [0.15, 0.2) is 0 Å². The first-order valence-corrected chi connectivity index (χ1v) is 11.3. The molecule has 0 aromatic carbocycles. The van der Waals surface area contributed by atoms with Crippen molar-refractivity contribution in [2.24, 2.45) is 0 Å². The van der Waals surface area contributed by atoms with E-state index in [1.807, 2.05) is 27.7 Å². The van der Waals surface area contributed by atoms with Gasteiger partial charge in [0.05, 0.1) is 6.54 Å². The quantitative estimate of drug-likeness (QED) is 0.682. The molecule has 0 bridgehead atoms. The van der Waals surface area contributed by atoms with Crippen LogP contribution in [0.4, 0.5) is 4.79 Å². The summed E-state index contributed by atoms with van der Waals surface area (Å²) < 4.78 is 33.6. The molecule has 2 saturated heterocycles. The van der Waals surface area contributed by atoms with Gasteiger partial charge in [-0.2, -0.15) is 17.0 Å². The minimum Gasteiger partial charge on any atom is -0.444 e. The Hall–Kier alpha value is -1.39. The van der Waals surface area contributed by atoms with E-state index in [-0.39, 0.29) is 18.5 Å². The molecule has 28 heavy (non-hydrogen) atoms. The number of carbonyl (C=O) groups is 2. The third-order valence-corrected chi connectivity index (χ3v) is 7.13. The molecule has 2 rings (SSSR count). The zero-order chi connectivity index (χ0) is 21.1. The van der Waals surface area contributed by atoms with Crippen molar-refractivity contribution < 1.29 is 22.7 Å². The smallest absolute Gasteiger partial charge is 0.410 e. The van der Waals surface area contributed by atoms with E-state index in [4.69, 9.17) is 4.74 Å². The van der Waals surface area contributed by atoms with Crippen LogP contribution in [0.3, 0.4) is 0 Å². The van der Waals surface area contributed by atoms with Crippen molar-refractivity contribution in [1.29, 1.82) is 0 Å². The number of rotatable bonds is 4. The van der Waals surface area contributed by atoms with Crippen molar-refractivity contribution in [2.45, 2.75) is 58.6 Å². The van der Waals surface area contributed by atoms with Crippen LogP contribution in [-0.2, 0) is 19.7 Å². The Morgan fingerprint density at radius 2 is 1.61 bits per heavy atom. The first-order valence-electron chi connectivity index (χ1n) is 9.90. The fraction of sp³-hybridized carbons (Fsp3) is 0.889. The van der Waals surface area contributed by atoms with Gasteiger partial charge in [-0.05, 0) is 40.5 Å². The lowest BCUT2D eigenvalue weighted by atomic mass is 10.1. The van der Waals surface area contributed by atoms with Gasteiger partial charge in [0.2, 0.25) is 5.91 Å². The van der Waals surface area contributed by atoms with E-state index in [0.717, 1.165) is 23.6 Å². The number of carbonyl (C=O) groups excluding carboxylic acids is 2. The molecule has 2 heterocycles. The molecule has 0 radical (unpaired) electrons. The SMILES string of the molecule is CC1CCCCN1S(=O)(=O)N(C)CC(=O)N1CCN(C(=O)OC(C)(C)C)CC1. The number of hydrogen-bond acceptors (Lipinski definition) is 5. The molecule has 0 aromatic heterocycles. The molecule has 2 amide bonds. The maximum Gasteiger partial charge on any atom is 0.410 e. The molecule has 0 spiro atoms. The second kappa shape index (κ2) is 8.96. The van der Waals surface area contributed by atoms with Gasteiger partial charge >= 0.3 is 6.09 Å². The minimum atomic E-state index is -3.65. The van der Waals surface area contributed by atoms with E-state index in [1.54, 1.807) is 9.80 Å². The molecule has 2 aliphatic heterocycles. The Bertz CT molecular complexity index is 668. The second-order valence-corrected chi connectivity index (χ2v) is 10.6. The van der Waals surface area contributed by atoms with Gasteiger partial charge in [0.1, 0.15) is 5.60 Å². The number of piperazine rings is 1. The molecule has 0 N–H and O–H groups in total. The summed E-state index contributed by atoms with van der Waals surface area (Å²) in [6.07, 6.45) is 2.32. The van der Waals surface area contributed by atoms with Crippen molar-refractivity contribution >= 4 is 22.2 Å². The molecule has 1 unspecified atom stereocenters. The van der Waals surface area contributed by atoms with Crippen LogP contribution in [0, 0.1) is 0 Å². The Labute approximate surface area is 168 Å². The first kappa shape index (κ1) is 22.9. The molecule has 9 nitrogen and oxygen atoms in total. The summed E-state index contributed by atoms with van der Waals surface area (Å²) in [5.41, 5.74) is -0.563. The standard InChI is InChI=1S/C18H34N4O5S/c1-15-8-6-7-9-22(15)28(25,26)19(5)14-16(23)20-10-12-21(13-11-20)17(24)27-18(2,3)4/h15H,6-14H2,1-5H3. The van der Waals surface area contributed by atoms with Gasteiger partial charge in [0, 0.05) is 45.8 Å². The number of hydrogen-bond donors (Lipinski definition) is 0. The Balaban J connectivity index is 1.87. The van der Waals surface area contributed by atoms with Crippen LogP contribution in [0.2, 0.25) is 0 Å². The van der Waals surface area contributed by atoms with Gasteiger partial charge in [-0.3, -0.25) is 4.79 Å². The molecule has 0 aliphatic carbocycles. The lowest BCUT2D eigenvalue weighted by molar-refractivity contribution is -0.133. The molecule has 1 atom stereocenters. The predicted octanol–water partition coefficient (Wildman–Crippen LogP) is 1.12. The number of ether oxygens (including phenoxy) is 1. The molecule has 10 heteroatoms. The topological polar surface area (TPSA) is 90.5 Å². The van der Waals surface area contributed by atoms with Gasteiger partial charge < -0.3 is 14.5 Å². The minimum absolute atomic E-state index is 0.0475. The lowest BCUT2D eigenvalue weighted by Crippen LogP contribution is -2.55. The summed E-state index contributed by atoms with van der Waals surface area (Å²) in [5.74, 6) is -0.250. The number of piperidine rings is 1. The molecular weight excluding hydrogens is 384 g/mol. The van der Waals surface area contributed by atoms with Gasteiger partial charge in [-0.1, -0.05) is 6.42 Å². The van der Waals surface area contributed by atoms with Gasteiger partial charge in [0.25, 0.3) is 10.2 Å². The van der Waals surface area contributed by atoms with Gasteiger partial charge in [-0.25, -0.2) is 4.79 Å². The van der Waals surface area contributed by atoms with Crippen molar-refractivity contribution in [3.8, 4) is 0 Å². The maximum atomic E-state index is 12.8. The van der Waals surface area contributed by atoms with Crippen molar-refractivity contribution in [3.63, 3.8) is 0 Å². The van der Waals surface area contributed by atoms with Crippen LogP contribution in [0.5, 0.6) is 0 Å². The third kappa shape index (κ3) is 5.81. The normalized spacial score (nSPS) is 22.4. The van der Waals surface area contributed by atoms with Crippen LogP contribution in [0.15, 0.2) is 0 Å². The highest BCUT2D eigenvalue weighted by Gasteiger charge is 2.35. The second-order valence-electron chi connectivity index (χ2n) is 8.57. The van der Waals surface area contributed by atoms with Crippen molar-refractivity contribution in [1.82, 2.24) is 18.4 Å². The maximum absolute atomic E-state index is 12.8. The fourth-order valence-electron chi connectivity index (χ4n) is 3.43. The highest BCUT2D eigenvalue weighted by molar-refractivity contribution is 7.86. The zero-order valence-corrected chi connectivity index (χ0v) is 18.5. The summed E-state index contributed by atoms with van der Waals surface area (Å²) in [5, 5.41) is 0. The predicted molar refractivity (Wildman–Crippen MR) is 106 cm³/mol. The van der Waals surface area contributed by atoms with E-state index in [1.165, 1.54) is 11.4 Å². The summed E-state index contributed by atoms with van der Waals surface area (Å²) in [6, 6.07) is -0.0475. The Kier molecular flexibility index (Phi) is 7.33. The fourth-order valence-corrected chi connectivity index (χ4v) is 4.98. The Morgan fingerprint density at radius 3 is 2.14 bits per heavy atom. The molecule has 2 fully saturated rings. The average Bonchev–Trinajstić information content (AvgIpc) is 2.60. The zero-order valence-electron chi connectivity index (χ0n) is 17.7. The van der Waals surface area contributed by atoms with E-state index >= 15 is 0 Å². The Morgan fingerprint density at radius 1 is 1.04 bits per heavy atom. The first-order chi connectivity index (χ1) is 12.9. The van der Waals surface area contributed by atoms with E-state index < -0.39 is 21.9 Å². The number of nitrogens with zero attached hydrogens (tertiary/aromatic N) is 4. The van der Waals surface area contributed by atoms with Crippen LogP contribution < -0.4 is 0 Å². The number of likely N-dealkylation sites (N-methyl/N-ethyl adjacent to an activating group) is 1. The summed E-state index contributed by atoms with van der Waals surface area (Å²) in [4.78, 5) is 27.9. The number of amides is 2. The van der Waals surface area contributed by atoms with E-state index in [2.05, 4.69) is 0 Å². The van der Waals surface area contributed by atoms with Crippen molar-refractivity contribution in [3.05, 3.63) is 0 Å². The van der Waals surface area contributed by atoms with Crippen LogP contribution >= 0.6 is 0 Å². The molecule has 2 aliphatic rings. The molecule has 162 valence electrons. The molecule has 0 aromatic rings. The van der Waals surface area contributed by atoms with E-state index in [0.29, 0.717) is 32.7 Å². The van der Waals surface area contributed by atoms with Crippen LogP contribution in [-0.4, -0.2) is 96.8 Å². The van der Waals surface area contributed by atoms with Gasteiger partial charge in [-0.15, -0.1) is 0 Å². The average molecular weight is 419 g/mol. The largest absolute Gasteiger partial charge is 0.444 e. The highest BCUT2D eigenvalue weighted by atomic mass is 32.2. The molecule has 0 saturated carbocycles. The summed E-state index contributed by atoms with van der Waals surface area (Å²) >= 11 is 0. The lowest BCUT2D eigenvalue weighted by Gasteiger charge is -2.37. The third-order valence-electron chi connectivity index (χ3n) is 5.07. The monoisotopic (exact) mass is 418 g/mol. The highest BCUT2D eigenvalue weighted by Crippen LogP contribution is 2.21.